The molecule has 0 saturated heterocycles. The number of oxime groups is 1. The molecule has 0 amide bonds. The van der Waals surface area contributed by atoms with E-state index in [4.69, 9.17) is 5.21 Å². The minimum atomic E-state index is -0.424. The van der Waals surface area contributed by atoms with Crippen LogP contribution in [-0.4, -0.2) is 58.1 Å². The van der Waals surface area contributed by atoms with Crippen molar-refractivity contribution in [1.82, 2.24) is 40.4 Å². The van der Waals surface area contributed by atoms with E-state index in [0.717, 1.165) is 39.7 Å². The normalized spacial score (nSPS) is 10.9. The third-order valence-corrected chi connectivity index (χ3v) is 8.26. The molecule has 8 rings (SSSR count). The van der Waals surface area contributed by atoms with Gasteiger partial charge < -0.3 is 5.21 Å². The molecule has 0 saturated carbocycles. The van der Waals surface area contributed by atoms with E-state index in [1.165, 1.54) is 27.7 Å². The summed E-state index contributed by atoms with van der Waals surface area (Å²) in [4.78, 5) is 11.4. The van der Waals surface area contributed by atoms with Gasteiger partial charge in [-0.1, -0.05) is 126 Å². The lowest BCUT2D eigenvalue weighted by molar-refractivity contribution is 0.112. The average molecular weight is 704 g/mol. The fourth-order valence-corrected chi connectivity index (χ4v) is 5.87. The summed E-state index contributed by atoms with van der Waals surface area (Å²) in [6, 6.07) is 42.4. The zero-order valence-corrected chi connectivity index (χ0v) is 27.6. The summed E-state index contributed by atoms with van der Waals surface area (Å²) in [5, 5.41) is 35.7. The Morgan fingerprint density at radius 2 is 0.868 bits per heavy atom. The Morgan fingerprint density at radius 3 is 1.32 bits per heavy atom. The number of nitrogens with zero attached hydrogens (tertiary/aromatic N) is 9. The first kappa shape index (κ1) is 33.9. The maximum Gasteiger partial charge on any atom is 0.187 e. The van der Waals surface area contributed by atoms with Crippen LogP contribution in [0.2, 0.25) is 0 Å². The smallest absolute Gasteiger partial charge is 0.187 e. The largest absolute Gasteiger partial charge is 0.411 e. The van der Waals surface area contributed by atoms with Gasteiger partial charge in [-0.2, -0.15) is 9.36 Å². The highest BCUT2D eigenvalue weighted by Gasteiger charge is 2.20. The average Bonchev–Trinajstić information content (AvgIpc) is 3.90. The molecule has 0 aliphatic carbocycles. The first-order chi connectivity index (χ1) is 26.1. The SMILES string of the molecule is O/N=C/c1ccccc1-c1ccccc1-c1nnnn1-c1ccccc1F.O=Cc1ccccc1-c1ccccc1-c1nnnn1-c1ccccc1F. The van der Waals surface area contributed by atoms with Crippen LogP contribution in [0.25, 0.3) is 56.4 Å². The van der Waals surface area contributed by atoms with Gasteiger partial charge in [0, 0.05) is 22.3 Å². The molecule has 2 heterocycles. The second-order valence-corrected chi connectivity index (χ2v) is 11.4. The summed E-state index contributed by atoms with van der Waals surface area (Å²) < 4.78 is 31.2. The molecule has 0 bridgehead atoms. The molecule has 13 heteroatoms. The molecule has 11 nitrogen and oxygen atoms in total. The first-order valence-electron chi connectivity index (χ1n) is 16.2. The molecule has 0 atom stereocenters. The van der Waals surface area contributed by atoms with E-state index in [9.17, 15) is 13.6 Å². The van der Waals surface area contributed by atoms with Crippen molar-refractivity contribution in [2.45, 2.75) is 0 Å². The minimum Gasteiger partial charge on any atom is -0.411 e. The van der Waals surface area contributed by atoms with Gasteiger partial charge in [0.2, 0.25) is 0 Å². The molecule has 258 valence electrons. The predicted octanol–water partition coefficient (Wildman–Crippen LogP) is 7.89. The van der Waals surface area contributed by atoms with Gasteiger partial charge in [-0.25, -0.2) is 8.78 Å². The molecular weight excluding hydrogens is 676 g/mol. The van der Waals surface area contributed by atoms with Gasteiger partial charge in [0.25, 0.3) is 0 Å². The van der Waals surface area contributed by atoms with E-state index in [2.05, 4.69) is 36.2 Å². The molecule has 0 unspecified atom stereocenters. The van der Waals surface area contributed by atoms with Gasteiger partial charge in [-0.3, -0.25) is 4.79 Å². The molecule has 0 radical (unpaired) electrons. The Bertz CT molecular complexity index is 2570. The molecule has 0 aliphatic heterocycles. The molecule has 8 aromatic rings. The Labute approximate surface area is 301 Å². The van der Waals surface area contributed by atoms with Crippen LogP contribution in [0.3, 0.4) is 0 Å². The van der Waals surface area contributed by atoms with Crippen molar-refractivity contribution in [2.24, 2.45) is 5.16 Å². The third kappa shape index (κ3) is 6.94. The quantitative estimate of drug-likeness (QED) is 0.0730. The number of aldehydes is 1. The monoisotopic (exact) mass is 703 g/mol. The Balaban J connectivity index is 0.000000164. The topological polar surface area (TPSA) is 137 Å². The summed E-state index contributed by atoms with van der Waals surface area (Å²) in [6.45, 7) is 0. The highest BCUT2D eigenvalue weighted by molar-refractivity contribution is 5.94. The number of hydrogen-bond acceptors (Lipinski definition) is 9. The van der Waals surface area contributed by atoms with Crippen molar-refractivity contribution >= 4 is 12.5 Å². The minimum absolute atomic E-state index is 0.256. The van der Waals surface area contributed by atoms with Gasteiger partial charge >= 0.3 is 0 Å². The number of carbonyl (C=O) groups is 1. The van der Waals surface area contributed by atoms with E-state index in [1.807, 2.05) is 84.9 Å². The highest BCUT2D eigenvalue weighted by Crippen LogP contribution is 2.35. The van der Waals surface area contributed by atoms with Crippen molar-refractivity contribution in [1.29, 1.82) is 0 Å². The van der Waals surface area contributed by atoms with Crippen molar-refractivity contribution in [3.8, 4) is 56.4 Å². The van der Waals surface area contributed by atoms with Gasteiger partial charge in [0.05, 0.1) is 6.21 Å². The second kappa shape index (κ2) is 15.6. The Kier molecular flexibility index (Phi) is 9.96. The van der Waals surface area contributed by atoms with Crippen LogP contribution in [0, 0.1) is 11.6 Å². The Morgan fingerprint density at radius 1 is 0.491 bits per heavy atom. The summed E-state index contributed by atoms with van der Waals surface area (Å²) >= 11 is 0. The summed E-state index contributed by atoms with van der Waals surface area (Å²) in [5.74, 6) is -0.0407. The number of benzene rings is 6. The zero-order valence-electron chi connectivity index (χ0n) is 27.6. The van der Waals surface area contributed by atoms with E-state index < -0.39 is 11.6 Å². The molecule has 2 aromatic heterocycles. The number of tetrazole rings is 2. The number of halogens is 2. The molecule has 6 aromatic carbocycles. The maximum atomic E-state index is 14.3. The van der Waals surface area contributed by atoms with Crippen LogP contribution in [0.15, 0.2) is 151 Å². The van der Waals surface area contributed by atoms with E-state index in [-0.39, 0.29) is 11.4 Å². The summed E-state index contributed by atoms with van der Waals surface area (Å²) in [5.41, 5.74) is 6.48. The summed E-state index contributed by atoms with van der Waals surface area (Å²) in [7, 11) is 0. The Hall–Kier alpha value is -7.54. The van der Waals surface area contributed by atoms with E-state index in [1.54, 1.807) is 48.5 Å². The standard InChI is InChI=1S/C20H14FN5O.C20H13FN4O/c21-18-11-5-6-12-19(18)26-20(23-24-25-26)17-10-4-3-9-16(17)15-8-2-1-7-14(15)13-22-27;21-18-11-5-6-12-19(18)25-20(22-23-24-25)17-10-4-3-9-16(17)15-8-2-1-7-14(15)13-26/h1-13,27H;1-13H/b22-13+;. The van der Waals surface area contributed by atoms with Crippen LogP contribution >= 0.6 is 0 Å². The van der Waals surface area contributed by atoms with Gasteiger partial charge in [0.15, 0.2) is 17.9 Å². The molecule has 1 N–H and O–H groups in total. The number of carbonyl (C=O) groups excluding carboxylic acids is 1. The lowest BCUT2D eigenvalue weighted by Crippen LogP contribution is -2.03. The first-order valence-corrected chi connectivity index (χ1v) is 16.2. The lowest BCUT2D eigenvalue weighted by Gasteiger charge is -2.12. The third-order valence-electron chi connectivity index (χ3n) is 8.26. The fourth-order valence-electron chi connectivity index (χ4n) is 5.87. The predicted molar refractivity (Wildman–Crippen MR) is 195 cm³/mol. The molecule has 0 aliphatic rings. The van der Waals surface area contributed by atoms with Crippen LogP contribution in [0.1, 0.15) is 15.9 Å². The number of aromatic nitrogens is 8. The van der Waals surface area contributed by atoms with Gasteiger partial charge in [0.1, 0.15) is 23.0 Å². The van der Waals surface area contributed by atoms with Crippen molar-refractivity contribution in [3.63, 3.8) is 0 Å². The lowest BCUT2D eigenvalue weighted by atomic mass is 9.95. The second-order valence-electron chi connectivity index (χ2n) is 11.4. The highest BCUT2D eigenvalue weighted by atomic mass is 19.1. The zero-order chi connectivity index (χ0) is 36.6. The van der Waals surface area contributed by atoms with Gasteiger partial charge in [-0.05, 0) is 67.4 Å². The number of para-hydroxylation sites is 2. The maximum absolute atomic E-state index is 14.3. The van der Waals surface area contributed by atoms with E-state index in [0.29, 0.717) is 22.8 Å². The van der Waals surface area contributed by atoms with E-state index >= 15 is 0 Å². The van der Waals surface area contributed by atoms with Gasteiger partial charge in [-0.15, -0.1) is 10.2 Å². The van der Waals surface area contributed by atoms with Crippen molar-refractivity contribution < 1.29 is 18.8 Å². The molecule has 0 spiro atoms. The van der Waals surface area contributed by atoms with Crippen molar-refractivity contribution in [2.75, 3.05) is 0 Å². The fraction of sp³-hybridized carbons (Fsp3) is 0. The number of rotatable bonds is 8. The number of hydrogen-bond donors (Lipinski definition) is 1. The molecule has 53 heavy (non-hydrogen) atoms. The summed E-state index contributed by atoms with van der Waals surface area (Å²) in [6.07, 6.45) is 2.18. The van der Waals surface area contributed by atoms with Crippen LogP contribution in [0.4, 0.5) is 8.78 Å². The van der Waals surface area contributed by atoms with Crippen LogP contribution in [0.5, 0.6) is 0 Å². The molecular formula is C40H27F2N9O2. The van der Waals surface area contributed by atoms with Crippen LogP contribution in [-0.2, 0) is 0 Å². The molecule has 0 fully saturated rings. The van der Waals surface area contributed by atoms with Crippen LogP contribution < -0.4 is 0 Å². The van der Waals surface area contributed by atoms with Crippen molar-refractivity contribution in [3.05, 3.63) is 168 Å².